The summed E-state index contributed by atoms with van der Waals surface area (Å²) in [4.78, 5) is 36.5. The van der Waals surface area contributed by atoms with Crippen molar-refractivity contribution in [1.29, 1.82) is 0 Å². The third-order valence-corrected chi connectivity index (χ3v) is 3.98. The lowest BCUT2D eigenvalue weighted by molar-refractivity contribution is -0.384. The first-order valence-corrected chi connectivity index (χ1v) is 7.33. The average molecular weight is 350 g/mol. The highest BCUT2D eigenvalue weighted by Crippen LogP contribution is 2.38. The molecule has 0 fully saturated rings. The number of hydrogen-bond acceptors (Lipinski definition) is 8. The zero-order chi connectivity index (χ0) is 18.7. The zero-order valence-corrected chi connectivity index (χ0v) is 14.3. The Kier molecular flexibility index (Phi) is 5.38. The summed E-state index contributed by atoms with van der Waals surface area (Å²) in [5.41, 5.74) is 1.15. The van der Waals surface area contributed by atoms with Crippen LogP contribution in [0.2, 0.25) is 0 Å². The molecule has 0 saturated heterocycles. The fourth-order valence-corrected chi connectivity index (χ4v) is 2.59. The zero-order valence-electron chi connectivity index (χ0n) is 14.3. The van der Waals surface area contributed by atoms with Gasteiger partial charge in [-0.2, -0.15) is 0 Å². The molecular formula is C16H18N2O7. The van der Waals surface area contributed by atoms with Gasteiger partial charge >= 0.3 is 11.9 Å². The maximum absolute atomic E-state index is 12.3. The standard InChI is InChI=1S/C16H18N2O7/c1-9-5-6-12(18(21)22)13(10(9)2)17-8-25-7-11(15(19)23-3)14(17)16(20)24-4/h5-6H,7-8H2,1-4H3. The van der Waals surface area contributed by atoms with Crippen molar-refractivity contribution in [3.8, 4) is 0 Å². The van der Waals surface area contributed by atoms with E-state index in [1.165, 1.54) is 18.1 Å². The minimum Gasteiger partial charge on any atom is -0.466 e. The monoisotopic (exact) mass is 350 g/mol. The number of rotatable bonds is 4. The summed E-state index contributed by atoms with van der Waals surface area (Å²) in [7, 11) is 2.33. The van der Waals surface area contributed by atoms with E-state index in [2.05, 4.69) is 4.74 Å². The molecule has 0 bridgehead atoms. The number of hydrogen-bond donors (Lipinski definition) is 0. The molecule has 0 radical (unpaired) electrons. The van der Waals surface area contributed by atoms with E-state index in [1.807, 2.05) is 0 Å². The normalized spacial score (nSPS) is 14.3. The summed E-state index contributed by atoms with van der Waals surface area (Å²) in [6.07, 6.45) is 0. The van der Waals surface area contributed by atoms with E-state index in [1.54, 1.807) is 19.9 Å². The van der Waals surface area contributed by atoms with Gasteiger partial charge in [0.15, 0.2) is 0 Å². The van der Waals surface area contributed by atoms with Crippen LogP contribution in [-0.2, 0) is 23.8 Å². The van der Waals surface area contributed by atoms with Crippen LogP contribution in [0.5, 0.6) is 0 Å². The Bertz CT molecular complexity index is 770. The number of aryl methyl sites for hydroxylation is 1. The van der Waals surface area contributed by atoms with Crippen LogP contribution in [-0.4, -0.2) is 44.4 Å². The van der Waals surface area contributed by atoms with Crippen LogP contribution < -0.4 is 4.90 Å². The quantitative estimate of drug-likeness (QED) is 0.458. The number of carbonyl (C=O) groups is 2. The predicted octanol–water partition coefficient (Wildman–Crippen LogP) is 1.61. The molecule has 0 unspecified atom stereocenters. The highest BCUT2D eigenvalue weighted by atomic mass is 16.6. The Morgan fingerprint density at radius 3 is 2.40 bits per heavy atom. The highest BCUT2D eigenvalue weighted by Gasteiger charge is 2.36. The highest BCUT2D eigenvalue weighted by molar-refractivity contribution is 6.04. The smallest absolute Gasteiger partial charge is 0.355 e. The van der Waals surface area contributed by atoms with E-state index in [0.29, 0.717) is 5.56 Å². The molecule has 0 saturated carbocycles. The second-order valence-corrected chi connectivity index (χ2v) is 5.35. The minimum absolute atomic E-state index is 0.0594. The summed E-state index contributed by atoms with van der Waals surface area (Å²) in [5, 5.41) is 11.5. The van der Waals surface area contributed by atoms with Crippen molar-refractivity contribution >= 4 is 23.3 Å². The van der Waals surface area contributed by atoms with Crippen LogP contribution in [0.1, 0.15) is 11.1 Å². The first-order valence-electron chi connectivity index (χ1n) is 7.33. The molecule has 1 heterocycles. The third-order valence-electron chi connectivity index (χ3n) is 3.98. The molecular weight excluding hydrogens is 332 g/mol. The van der Waals surface area contributed by atoms with Crippen LogP contribution >= 0.6 is 0 Å². The molecule has 0 N–H and O–H groups in total. The molecule has 0 atom stereocenters. The lowest BCUT2D eigenvalue weighted by Gasteiger charge is -2.32. The number of anilines is 1. The molecule has 0 spiro atoms. The molecule has 0 aliphatic carbocycles. The van der Waals surface area contributed by atoms with Crippen LogP contribution in [0.4, 0.5) is 11.4 Å². The number of methoxy groups -OCH3 is 2. The van der Waals surface area contributed by atoms with Gasteiger partial charge in [-0.1, -0.05) is 6.07 Å². The molecule has 0 aromatic heterocycles. The van der Waals surface area contributed by atoms with Crippen molar-refractivity contribution in [1.82, 2.24) is 0 Å². The molecule has 1 aliphatic rings. The summed E-state index contributed by atoms with van der Waals surface area (Å²) >= 11 is 0. The fourth-order valence-electron chi connectivity index (χ4n) is 2.59. The molecule has 2 rings (SSSR count). The summed E-state index contributed by atoms with van der Waals surface area (Å²) in [6.45, 7) is 3.18. The summed E-state index contributed by atoms with van der Waals surface area (Å²) in [5.74, 6) is -1.57. The maximum atomic E-state index is 12.3. The molecule has 1 aliphatic heterocycles. The number of benzene rings is 1. The number of esters is 2. The average Bonchev–Trinajstić information content (AvgIpc) is 2.61. The Morgan fingerprint density at radius 1 is 1.20 bits per heavy atom. The number of nitro benzene ring substituents is 1. The van der Waals surface area contributed by atoms with Crippen molar-refractivity contribution in [3.63, 3.8) is 0 Å². The summed E-state index contributed by atoms with van der Waals surface area (Å²) in [6, 6.07) is 2.96. The van der Waals surface area contributed by atoms with Crippen molar-refractivity contribution in [2.45, 2.75) is 13.8 Å². The minimum atomic E-state index is -0.807. The van der Waals surface area contributed by atoms with Gasteiger partial charge in [-0.05, 0) is 25.0 Å². The maximum Gasteiger partial charge on any atom is 0.355 e. The van der Waals surface area contributed by atoms with Gasteiger partial charge in [0, 0.05) is 6.07 Å². The van der Waals surface area contributed by atoms with Gasteiger partial charge in [0.1, 0.15) is 18.1 Å². The van der Waals surface area contributed by atoms with E-state index < -0.39 is 16.9 Å². The first kappa shape index (κ1) is 18.4. The molecule has 1 aromatic rings. The topological polar surface area (TPSA) is 108 Å². The van der Waals surface area contributed by atoms with Gasteiger partial charge in [-0.25, -0.2) is 9.59 Å². The second-order valence-electron chi connectivity index (χ2n) is 5.35. The molecule has 25 heavy (non-hydrogen) atoms. The SMILES string of the molecule is COC(=O)C1=C(C(=O)OC)N(c2c([N+](=O)[O-])ccc(C)c2C)COC1. The Balaban J connectivity index is 2.76. The van der Waals surface area contributed by atoms with E-state index in [-0.39, 0.29) is 36.0 Å². The molecule has 9 heteroatoms. The Hall–Kier alpha value is -2.94. The first-order chi connectivity index (χ1) is 11.8. The number of nitrogens with zero attached hydrogens (tertiary/aromatic N) is 2. The van der Waals surface area contributed by atoms with Crippen LogP contribution in [0.15, 0.2) is 23.4 Å². The van der Waals surface area contributed by atoms with Gasteiger partial charge in [0.05, 0.1) is 31.3 Å². The largest absolute Gasteiger partial charge is 0.466 e. The second kappa shape index (κ2) is 7.31. The van der Waals surface area contributed by atoms with Crippen LogP contribution in [0, 0.1) is 24.0 Å². The van der Waals surface area contributed by atoms with E-state index in [4.69, 9.17) is 9.47 Å². The van der Waals surface area contributed by atoms with Crippen molar-refractivity contribution in [3.05, 3.63) is 44.6 Å². The van der Waals surface area contributed by atoms with E-state index >= 15 is 0 Å². The molecule has 0 amide bonds. The Labute approximate surface area is 143 Å². The van der Waals surface area contributed by atoms with Crippen LogP contribution in [0.25, 0.3) is 0 Å². The molecule has 134 valence electrons. The summed E-state index contributed by atoms with van der Waals surface area (Å²) < 4.78 is 14.8. The van der Waals surface area contributed by atoms with Gasteiger partial charge in [-0.15, -0.1) is 0 Å². The van der Waals surface area contributed by atoms with Gasteiger partial charge in [0.25, 0.3) is 5.69 Å². The number of carbonyl (C=O) groups excluding carboxylic acids is 2. The number of ether oxygens (including phenoxy) is 3. The van der Waals surface area contributed by atoms with Crippen molar-refractivity contribution < 1.29 is 28.7 Å². The molecule has 9 nitrogen and oxygen atoms in total. The van der Waals surface area contributed by atoms with E-state index in [0.717, 1.165) is 12.7 Å². The third kappa shape index (κ3) is 3.31. The fraction of sp³-hybridized carbons (Fsp3) is 0.375. The van der Waals surface area contributed by atoms with Crippen LogP contribution in [0.3, 0.4) is 0 Å². The van der Waals surface area contributed by atoms with Gasteiger partial charge in [0.2, 0.25) is 0 Å². The van der Waals surface area contributed by atoms with Crippen molar-refractivity contribution in [2.75, 3.05) is 32.5 Å². The van der Waals surface area contributed by atoms with Gasteiger partial charge < -0.3 is 19.1 Å². The number of nitro groups is 1. The predicted molar refractivity (Wildman–Crippen MR) is 86.9 cm³/mol. The Morgan fingerprint density at radius 2 is 1.84 bits per heavy atom. The van der Waals surface area contributed by atoms with Crippen molar-refractivity contribution in [2.24, 2.45) is 0 Å². The lowest BCUT2D eigenvalue weighted by Crippen LogP contribution is -2.39. The lowest BCUT2D eigenvalue weighted by atomic mass is 10.0. The van der Waals surface area contributed by atoms with E-state index in [9.17, 15) is 19.7 Å². The molecule has 1 aromatic carbocycles. The van der Waals surface area contributed by atoms with Gasteiger partial charge in [-0.3, -0.25) is 10.1 Å².